The lowest BCUT2D eigenvalue weighted by Crippen LogP contribution is -2.02. The van der Waals surface area contributed by atoms with Gasteiger partial charge in [-0.1, -0.05) is 30.3 Å². The van der Waals surface area contributed by atoms with Gasteiger partial charge in [-0.3, -0.25) is 0 Å². The Hall–Kier alpha value is -1.19. The van der Waals surface area contributed by atoms with Crippen molar-refractivity contribution in [2.45, 2.75) is 13.0 Å². The van der Waals surface area contributed by atoms with Gasteiger partial charge in [0.25, 0.3) is 0 Å². The second-order valence-electron chi connectivity index (χ2n) is 3.93. The molecule has 0 saturated heterocycles. The summed E-state index contributed by atoms with van der Waals surface area (Å²) in [5.41, 5.74) is 2.53. The Morgan fingerprint density at radius 1 is 1.18 bits per heavy atom. The van der Waals surface area contributed by atoms with Crippen molar-refractivity contribution in [3.8, 4) is 0 Å². The van der Waals surface area contributed by atoms with E-state index in [1.807, 2.05) is 31.2 Å². The molecule has 2 aromatic carbocycles. The van der Waals surface area contributed by atoms with E-state index in [1.54, 1.807) is 12.1 Å². The maximum absolute atomic E-state index is 13.1. The van der Waals surface area contributed by atoms with Gasteiger partial charge < -0.3 is 5.11 Å². The van der Waals surface area contributed by atoms with Crippen molar-refractivity contribution in [1.82, 2.24) is 0 Å². The molecule has 0 amide bonds. The van der Waals surface area contributed by atoms with Crippen molar-refractivity contribution in [3.63, 3.8) is 0 Å². The summed E-state index contributed by atoms with van der Waals surface area (Å²) >= 11 is 3.12. The molecule has 1 atom stereocenters. The van der Waals surface area contributed by atoms with E-state index in [2.05, 4.69) is 15.9 Å². The quantitative estimate of drug-likeness (QED) is 0.888. The van der Waals surface area contributed by atoms with Gasteiger partial charge in [0, 0.05) is 0 Å². The Morgan fingerprint density at radius 3 is 2.53 bits per heavy atom. The van der Waals surface area contributed by atoms with Crippen LogP contribution in [0.3, 0.4) is 0 Å². The SMILES string of the molecule is Cc1ccccc1C(O)c1ccc(F)c(Br)c1. The van der Waals surface area contributed by atoms with Crippen LogP contribution in [0.15, 0.2) is 46.9 Å². The Labute approximate surface area is 108 Å². The van der Waals surface area contributed by atoms with Crippen LogP contribution in [0.5, 0.6) is 0 Å². The van der Waals surface area contributed by atoms with E-state index in [0.29, 0.717) is 10.0 Å². The fourth-order valence-corrected chi connectivity index (χ4v) is 2.15. The average Bonchev–Trinajstić information content (AvgIpc) is 2.32. The smallest absolute Gasteiger partial charge is 0.137 e. The number of benzene rings is 2. The third-order valence-corrected chi connectivity index (χ3v) is 3.35. The highest BCUT2D eigenvalue weighted by molar-refractivity contribution is 9.10. The molecule has 0 radical (unpaired) electrons. The molecule has 1 N–H and O–H groups in total. The Kier molecular flexibility index (Phi) is 3.60. The van der Waals surface area contributed by atoms with Crippen LogP contribution in [0.1, 0.15) is 22.8 Å². The lowest BCUT2D eigenvalue weighted by atomic mass is 9.98. The lowest BCUT2D eigenvalue weighted by molar-refractivity contribution is 0.219. The third kappa shape index (κ3) is 2.56. The van der Waals surface area contributed by atoms with Gasteiger partial charge in [-0.15, -0.1) is 0 Å². The summed E-state index contributed by atoms with van der Waals surface area (Å²) in [4.78, 5) is 0. The van der Waals surface area contributed by atoms with Crippen LogP contribution in [-0.2, 0) is 0 Å². The highest BCUT2D eigenvalue weighted by Gasteiger charge is 2.13. The molecule has 2 aromatic rings. The van der Waals surface area contributed by atoms with Crippen molar-refractivity contribution in [3.05, 3.63) is 69.4 Å². The normalized spacial score (nSPS) is 12.5. The number of aliphatic hydroxyl groups excluding tert-OH is 1. The monoisotopic (exact) mass is 294 g/mol. The summed E-state index contributed by atoms with van der Waals surface area (Å²) in [5, 5.41) is 10.2. The minimum Gasteiger partial charge on any atom is -0.384 e. The van der Waals surface area contributed by atoms with Crippen LogP contribution in [0.4, 0.5) is 4.39 Å². The first-order chi connectivity index (χ1) is 8.09. The van der Waals surface area contributed by atoms with Gasteiger partial charge in [0.15, 0.2) is 0 Å². The highest BCUT2D eigenvalue weighted by Crippen LogP contribution is 2.27. The predicted octanol–water partition coefficient (Wildman–Crippen LogP) is 3.98. The van der Waals surface area contributed by atoms with Crippen molar-refractivity contribution >= 4 is 15.9 Å². The molecular formula is C14H12BrFO. The zero-order chi connectivity index (χ0) is 12.4. The fraction of sp³-hybridized carbons (Fsp3) is 0.143. The molecule has 2 rings (SSSR count). The summed E-state index contributed by atoms with van der Waals surface area (Å²) in [6.07, 6.45) is -0.729. The van der Waals surface area contributed by atoms with Crippen LogP contribution < -0.4 is 0 Å². The van der Waals surface area contributed by atoms with Crippen LogP contribution >= 0.6 is 15.9 Å². The molecule has 0 aliphatic rings. The summed E-state index contributed by atoms with van der Waals surface area (Å²) < 4.78 is 13.5. The molecule has 0 aliphatic carbocycles. The maximum atomic E-state index is 13.1. The van der Waals surface area contributed by atoms with Crippen molar-refractivity contribution in [2.75, 3.05) is 0 Å². The molecule has 17 heavy (non-hydrogen) atoms. The molecule has 3 heteroatoms. The molecular weight excluding hydrogens is 283 g/mol. The van der Waals surface area contributed by atoms with Gasteiger partial charge in [-0.05, 0) is 51.7 Å². The average molecular weight is 295 g/mol. The van der Waals surface area contributed by atoms with Gasteiger partial charge in [0.1, 0.15) is 11.9 Å². The zero-order valence-corrected chi connectivity index (χ0v) is 10.9. The van der Waals surface area contributed by atoms with Crippen LogP contribution in [0.2, 0.25) is 0 Å². The molecule has 0 aromatic heterocycles. The van der Waals surface area contributed by atoms with E-state index in [4.69, 9.17) is 0 Å². The molecule has 0 aliphatic heterocycles. The standard InChI is InChI=1S/C14H12BrFO/c1-9-4-2-3-5-11(9)14(17)10-6-7-13(16)12(15)8-10/h2-8,14,17H,1H3. The first-order valence-corrected chi connectivity index (χ1v) is 6.07. The summed E-state index contributed by atoms with van der Waals surface area (Å²) in [6, 6.07) is 12.2. The molecule has 0 fully saturated rings. The predicted molar refractivity (Wildman–Crippen MR) is 69.3 cm³/mol. The molecule has 1 unspecified atom stereocenters. The number of aryl methyl sites for hydroxylation is 1. The van der Waals surface area contributed by atoms with E-state index in [-0.39, 0.29) is 5.82 Å². The van der Waals surface area contributed by atoms with Crippen LogP contribution in [0.25, 0.3) is 0 Å². The van der Waals surface area contributed by atoms with Crippen LogP contribution in [-0.4, -0.2) is 5.11 Å². The summed E-state index contributed by atoms with van der Waals surface area (Å²) in [7, 11) is 0. The molecule has 1 nitrogen and oxygen atoms in total. The number of halogens is 2. The van der Waals surface area contributed by atoms with Crippen LogP contribution in [0, 0.1) is 12.7 Å². The number of hydrogen-bond donors (Lipinski definition) is 1. The Morgan fingerprint density at radius 2 is 1.88 bits per heavy atom. The van der Waals surface area contributed by atoms with E-state index < -0.39 is 6.10 Å². The fourth-order valence-electron chi connectivity index (χ4n) is 1.76. The summed E-state index contributed by atoms with van der Waals surface area (Å²) in [6.45, 7) is 1.94. The molecule has 0 bridgehead atoms. The molecule has 0 heterocycles. The van der Waals surface area contributed by atoms with Gasteiger partial charge in [0.05, 0.1) is 4.47 Å². The van der Waals surface area contributed by atoms with Crippen molar-refractivity contribution < 1.29 is 9.50 Å². The van der Waals surface area contributed by atoms with E-state index in [1.165, 1.54) is 6.07 Å². The number of hydrogen-bond acceptors (Lipinski definition) is 1. The van der Waals surface area contributed by atoms with E-state index in [9.17, 15) is 9.50 Å². The van der Waals surface area contributed by atoms with Gasteiger partial charge in [-0.25, -0.2) is 4.39 Å². The van der Waals surface area contributed by atoms with Gasteiger partial charge >= 0.3 is 0 Å². The second kappa shape index (κ2) is 4.98. The first-order valence-electron chi connectivity index (χ1n) is 5.28. The van der Waals surface area contributed by atoms with E-state index in [0.717, 1.165) is 11.1 Å². The minimum atomic E-state index is -0.729. The number of rotatable bonds is 2. The molecule has 0 spiro atoms. The summed E-state index contributed by atoms with van der Waals surface area (Å²) in [5.74, 6) is -0.328. The number of aliphatic hydroxyl groups is 1. The molecule has 0 saturated carbocycles. The third-order valence-electron chi connectivity index (χ3n) is 2.74. The Balaban J connectivity index is 2.40. The maximum Gasteiger partial charge on any atom is 0.137 e. The second-order valence-corrected chi connectivity index (χ2v) is 4.79. The van der Waals surface area contributed by atoms with Gasteiger partial charge in [0.2, 0.25) is 0 Å². The highest BCUT2D eigenvalue weighted by atomic mass is 79.9. The van der Waals surface area contributed by atoms with E-state index >= 15 is 0 Å². The van der Waals surface area contributed by atoms with Crippen molar-refractivity contribution in [1.29, 1.82) is 0 Å². The van der Waals surface area contributed by atoms with Crippen molar-refractivity contribution in [2.24, 2.45) is 0 Å². The first kappa shape index (κ1) is 12.3. The Bertz CT molecular complexity index is 539. The zero-order valence-electron chi connectivity index (χ0n) is 9.32. The minimum absolute atomic E-state index is 0.328. The largest absolute Gasteiger partial charge is 0.384 e. The lowest BCUT2D eigenvalue weighted by Gasteiger charge is -2.14. The van der Waals surface area contributed by atoms with Gasteiger partial charge in [-0.2, -0.15) is 0 Å². The molecule has 88 valence electrons. The topological polar surface area (TPSA) is 20.2 Å².